The summed E-state index contributed by atoms with van der Waals surface area (Å²) in [7, 11) is 0. The van der Waals surface area contributed by atoms with Crippen molar-refractivity contribution < 1.29 is 49.9 Å². The minimum atomic E-state index is -2.34. The van der Waals surface area contributed by atoms with Crippen LogP contribution in [0.15, 0.2) is 48.5 Å². The number of carbonyl (C=O) groups is 4. The molecule has 5 N–H and O–H groups in total. The van der Waals surface area contributed by atoms with Gasteiger partial charge in [-0.3, -0.25) is 19.2 Å². The first kappa shape index (κ1) is 34.9. The van der Waals surface area contributed by atoms with Gasteiger partial charge < -0.3 is 21.7 Å². The molecule has 0 heterocycles. The fraction of sp³-hybridized carbons (Fsp3) is 0.312. The molecule has 0 radical (unpaired) electrons. The molecule has 0 aromatic heterocycles. The molecule has 0 saturated heterocycles. The highest BCUT2D eigenvalue weighted by atomic mass is 19.2. The molecule has 3 aromatic carbocycles. The third-order valence-corrected chi connectivity index (χ3v) is 7.97. The molecular weight excluding hydrogens is 637 g/mol. The standard InChI is InChI=1S/C32H29F7N4O4/c1-14-23(34)27(38)21(28(39)24(14)35)13-43-32(47)18-7-3-6-17(9-18)31(46)42-12-20-22(33)10-19(25(36)26(20)37)11-41-30(45)16-5-2-4-15(8-16)29(40)44/h2-9,19-20,22,25-26H,10-13H2,1H3,(H2,40,44)(H,41,45)(H,42,46)(H,43,47)/t19?,20-,22-,25+,26-/m1/s1. The third kappa shape index (κ3) is 7.72. The van der Waals surface area contributed by atoms with Crippen LogP contribution < -0.4 is 21.7 Å². The van der Waals surface area contributed by atoms with Gasteiger partial charge >= 0.3 is 0 Å². The van der Waals surface area contributed by atoms with Gasteiger partial charge in [0, 0.05) is 64.9 Å². The van der Waals surface area contributed by atoms with Crippen LogP contribution in [0, 0.1) is 42.0 Å². The van der Waals surface area contributed by atoms with Crippen LogP contribution in [0.25, 0.3) is 0 Å². The van der Waals surface area contributed by atoms with E-state index in [0.717, 1.165) is 13.0 Å². The van der Waals surface area contributed by atoms with E-state index >= 15 is 8.78 Å². The first-order chi connectivity index (χ1) is 22.2. The van der Waals surface area contributed by atoms with Crippen molar-refractivity contribution in [2.45, 2.75) is 38.4 Å². The molecule has 5 atom stereocenters. The smallest absolute Gasteiger partial charge is 0.251 e. The van der Waals surface area contributed by atoms with E-state index in [4.69, 9.17) is 5.73 Å². The van der Waals surface area contributed by atoms with Gasteiger partial charge in [0.05, 0.1) is 0 Å². The topological polar surface area (TPSA) is 130 Å². The molecule has 4 amide bonds. The number of rotatable bonds is 10. The lowest BCUT2D eigenvalue weighted by molar-refractivity contribution is -0.0233. The summed E-state index contributed by atoms with van der Waals surface area (Å²) in [6, 6.07) is 10.2. The average molecular weight is 667 g/mol. The third-order valence-electron chi connectivity index (χ3n) is 7.97. The average Bonchev–Trinajstić information content (AvgIpc) is 3.07. The van der Waals surface area contributed by atoms with Crippen LogP contribution in [0.3, 0.4) is 0 Å². The normalized spacial score (nSPS) is 20.7. The number of primary amides is 1. The van der Waals surface area contributed by atoms with Crippen molar-refractivity contribution in [3.8, 4) is 0 Å². The van der Waals surface area contributed by atoms with E-state index in [1.54, 1.807) is 0 Å². The van der Waals surface area contributed by atoms with Crippen molar-refractivity contribution in [1.29, 1.82) is 0 Å². The number of hydrogen-bond donors (Lipinski definition) is 4. The minimum Gasteiger partial charge on any atom is -0.366 e. The Morgan fingerprint density at radius 1 is 0.702 bits per heavy atom. The number of alkyl halides is 3. The molecule has 3 aromatic rings. The zero-order valence-corrected chi connectivity index (χ0v) is 24.7. The van der Waals surface area contributed by atoms with E-state index < -0.39 is 114 Å². The zero-order valence-electron chi connectivity index (χ0n) is 24.7. The monoisotopic (exact) mass is 666 g/mol. The Kier molecular flexibility index (Phi) is 10.9. The highest BCUT2D eigenvalue weighted by molar-refractivity contribution is 6.00. The predicted octanol–water partition coefficient (Wildman–Crippen LogP) is 4.39. The number of nitrogens with one attached hydrogen (secondary N) is 3. The molecule has 1 fully saturated rings. The van der Waals surface area contributed by atoms with Gasteiger partial charge in [0.15, 0.2) is 23.3 Å². The van der Waals surface area contributed by atoms with Crippen LogP contribution >= 0.6 is 0 Å². The predicted molar refractivity (Wildman–Crippen MR) is 155 cm³/mol. The van der Waals surface area contributed by atoms with Crippen LogP contribution in [0.2, 0.25) is 0 Å². The summed E-state index contributed by atoms with van der Waals surface area (Å²) in [5.41, 5.74) is 3.05. The molecule has 0 spiro atoms. The Morgan fingerprint density at radius 3 is 1.70 bits per heavy atom. The second-order valence-electron chi connectivity index (χ2n) is 11.1. The van der Waals surface area contributed by atoms with Gasteiger partial charge in [0.25, 0.3) is 17.7 Å². The lowest BCUT2D eigenvalue weighted by Crippen LogP contribution is -2.51. The summed E-state index contributed by atoms with van der Waals surface area (Å²) in [4.78, 5) is 49.1. The number of hydrogen-bond acceptors (Lipinski definition) is 4. The van der Waals surface area contributed by atoms with Crippen molar-refractivity contribution >= 4 is 23.6 Å². The molecule has 4 rings (SSSR count). The van der Waals surface area contributed by atoms with Crippen LogP contribution in [-0.2, 0) is 6.54 Å². The molecule has 1 aliphatic carbocycles. The molecule has 0 bridgehead atoms. The Hall–Kier alpha value is -4.95. The summed E-state index contributed by atoms with van der Waals surface area (Å²) in [6.45, 7) is -1.09. The van der Waals surface area contributed by atoms with Crippen LogP contribution in [0.5, 0.6) is 0 Å². The molecule has 15 heteroatoms. The largest absolute Gasteiger partial charge is 0.366 e. The summed E-state index contributed by atoms with van der Waals surface area (Å²) < 4.78 is 101. The van der Waals surface area contributed by atoms with Gasteiger partial charge in [0.1, 0.15) is 18.5 Å². The zero-order chi connectivity index (χ0) is 34.6. The van der Waals surface area contributed by atoms with Gasteiger partial charge in [-0.15, -0.1) is 0 Å². The van der Waals surface area contributed by atoms with E-state index in [-0.39, 0.29) is 22.3 Å². The number of benzene rings is 3. The van der Waals surface area contributed by atoms with Crippen LogP contribution in [0.4, 0.5) is 30.7 Å². The van der Waals surface area contributed by atoms with Crippen molar-refractivity contribution in [3.05, 3.63) is 105 Å². The summed E-state index contributed by atoms with van der Waals surface area (Å²) in [5.74, 6) is -12.7. The minimum absolute atomic E-state index is 0.0445. The first-order valence-electron chi connectivity index (χ1n) is 14.3. The van der Waals surface area contributed by atoms with E-state index in [1.165, 1.54) is 42.5 Å². The number of nitrogens with two attached hydrogens (primary N) is 1. The summed E-state index contributed by atoms with van der Waals surface area (Å²) in [5, 5.41) is 6.81. The molecule has 0 aliphatic heterocycles. The Labute approximate surface area is 263 Å². The lowest BCUT2D eigenvalue weighted by Gasteiger charge is -2.37. The Bertz CT molecular complexity index is 1680. The highest BCUT2D eigenvalue weighted by Gasteiger charge is 2.46. The number of amides is 4. The highest BCUT2D eigenvalue weighted by Crippen LogP contribution is 2.35. The maximum Gasteiger partial charge on any atom is 0.251 e. The van der Waals surface area contributed by atoms with Crippen molar-refractivity contribution in [2.75, 3.05) is 13.1 Å². The van der Waals surface area contributed by atoms with Crippen LogP contribution in [0.1, 0.15) is 59.0 Å². The summed E-state index contributed by atoms with van der Waals surface area (Å²) in [6.07, 6.45) is -6.88. The van der Waals surface area contributed by atoms with E-state index in [1.807, 2.05) is 0 Å². The van der Waals surface area contributed by atoms with Crippen molar-refractivity contribution in [2.24, 2.45) is 17.6 Å². The SMILES string of the molecule is Cc1c(F)c(F)c(CNC(=O)c2cccc(C(=O)NC[C@H]3[C@@H](F)[C@@H](F)C(CNC(=O)c4cccc(C(N)=O)c4)C[C@H]3F)c2)c(F)c1F. The van der Waals surface area contributed by atoms with Gasteiger partial charge in [-0.1, -0.05) is 12.1 Å². The molecule has 250 valence electrons. The van der Waals surface area contributed by atoms with Crippen molar-refractivity contribution in [3.63, 3.8) is 0 Å². The summed E-state index contributed by atoms with van der Waals surface area (Å²) >= 11 is 0. The number of carbonyl (C=O) groups excluding carboxylic acids is 4. The molecule has 1 aliphatic rings. The van der Waals surface area contributed by atoms with Gasteiger partial charge in [-0.05, 0) is 49.7 Å². The maximum atomic E-state index is 15.0. The van der Waals surface area contributed by atoms with Crippen LogP contribution in [-0.4, -0.2) is 55.2 Å². The lowest BCUT2D eigenvalue weighted by atomic mass is 9.77. The molecular formula is C32H29F7N4O4. The van der Waals surface area contributed by atoms with Gasteiger partial charge in [-0.25, -0.2) is 30.7 Å². The van der Waals surface area contributed by atoms with Gasteiger partial charge in [-0.2, -0.15) is 0 Å². The fourth-order valence-electron chi connectivity index (χ4n) is 5.19. The van der Waals surface area contributed by atoms with Gasteiger partial charge in [0.2, 0.25) is 5.91 Å². The Balaban J connectivity index is 1.32. The van der Waals surface area contributed by atoms with E-state index in [2.05, 4.69) is 16.0 Å². The van der Waals surface area contributed by atoms with E-state index in [9.17, 15) is 41.1 Å². The molecule has 8 nitrogen and oxygen atoms in total. The molecule has 47 heavy (non-hydrogen) atoms. The maximum absolute atomic E-state index is 15.0. The fourth-order valence-corrected chi connectivity index (χ4v) is 5.19. The quantitative estimate of drug-likeness (QED) is 0.189. The van der Waals surface area contributed by atoms with Crippen molar-refractivity contribution in [1.82, 2.24) is 16.0 Å². The Morgan fingerprint density at radius 2 is 1.17 bits per heavy atom. The van der Waals surface area contributed by atoms with E-state index in [0.29, 0.717) is 0 Å². The molecule has 1 saturated carbocycles. The molecule has 1 unspecified atom stereocenters. The second-order valence-corrected chi connectivity index (χ2v) is 11.1. The number of halogens is 7. The second kappa shape index (κ2) is 14.6. The first-order valence-corrected chi connectivity index (χ1v) is 14.3.